The number of hydrogen-bond donors (Lipinski definition) is 2. The average Bonchev–Trinajstić information content (AvgIpc) is 2.65. The molecule has 0 fully saturated rings. The normalized spacial score (nSPS) is 12.9. The molecule has 7 heteroatoms. The highest BCUT2D eigenvalue weighted by molar-refractivity contribution is 7.99. The molecule has 1 atom stereocenters. The van der Waals surface area contributed by atoms with Crippen LogP contribution in [0.2, 0.25) is 0 Å². The van der Waals surface area contributed by atoms with E-state index in [1.54, 1.807) is 23.4 Å². The first-order valence-corrected chi connectivity index (χ1v) is 6.15. The van der Waals surface area contributed by atoms with Gasteiger partial charge in [0, 0.05) is 25.4 Å². The molecule has 0 radical (unpaired) electrons. The van der Waals surface area contributed by atoms with Crippen molar-refractivity contribution >= 4 is 11.8 Å². The molecule has 1 aromatic heterocycles. The van der Waals surface area contributed by atoms with Gasteiger partial charge in [-0.3, -0.25) is 4.57 Å². The smallest absolute Gasteiger partial charge is 0.343 e. The quantitative estimate of drug-likeness (QED) is 0.658. The SMILES string of the molecule is CCn1c(SCC(COC)NC)n[nH]c1=O. The maximum atomic E-state index is 11.3. The third-order valence-electron chi connectivity index (χ3n) is 2.23. The molecule has 6 nitrogen and oxygen atoms in total. The maximum Gasteiger partial charge on any atom is 0.343 e. The van der Waals surface area contributed by atoms with Crippen LogP contribution in [0.4, 0.5) is 0 Å². The lowest BCUT2D eigenvalue weighted by Crippen LogP contribution is -2.32. The van der Waals surface area contributed by atoms with Gasteiger partial charge in [0.2, 0.25) is 0 Å². The second-order valence-electron chi connectivity index (χ2n) is 3.31. The Kier molecular flexibility index (Phi) is 5.58. The van der Waals surface area contributed by atoms with E-state index < -0.39 is 0 Å². The number of hydrogen-bond acceptors (Lipinski definition) is 5. The number of nitrogens with zero attached hydrogens (tertiary/aromatic N) is 2. The van der Waals surface area contributed by atoms with E-state index >= 15 is 0 Å². The van der Waals surface area contributed by atoms with Gasteiger partial charge in [-0.25, -0.2) is 9.89 Å². The van der Waals surface area contributed by atoms with Gasteiger partial charge >= 0.3 is 5.69 Å². The maximum absolute atomic E-state index is 11.3. The van der Waals surface area contributed by atoms with Crippen LogP contribution in [-0.2, 0) is 11.3 Å². The largest absolute Gasteiger partial charge is 0.383 e. The average molecular weight is 246 g/mol. The van der Waals surface area contributed by atoms with Gasteiger partial charge < -0.3 is 10.1 Å². The van der Waals surface area contributed by atoms with Crippen LogP contribution in [0.1, 0.15) is 6.92 Å². The lowest BCUT2D eigenvalue weighted by molar-refractivity contribution is 0.177. The molecule has 0 saturated heterocycles. The fourth-order valence-corrected chi connectivity index (χ4v) is 2.37. The van der Waals surface area contributed by atoms with Crippen molar-refractivity contribution in [3.8, 4) is 0 Å². The molecule has 0 aliphatic heterocycles. The van der Waals surface area contributed by atoms with Gasteiger partial charge in [0.1, 0.15) is 0 Å². The summed E-state index contributed by atoms with van der Waals surface area (Å²) in [6.45, 7) is 3.20. The van der Waals surface area contributed by atoms with Crippen molar-refractivity contribution in [2.45, 2.75) is 24.7 Å². The van der Waals surface area contributed by atoms with Crippen LogP contribution < -0.4 is 11.0 Å². The minimum atomic E-state index is -0.155. The van der Waals surface area contributed by atoms with Crippen LogP contribution in [0.3, 0.4) is 0 Å². The molecule has 0 bridgehead atoms. The highest BCUT2D eigenvalue weighted by Crippen LogP contribution is 2.14. The summed E-state index contributed by atoms with van der Waals surface area (Å²) >= 11 is 1.54. The van der Waals surface area contributed by atoms with Crippen molar-refractivity contribution in [3.63, 3.8) is 0 Å². The van der Waals surface area contributed by atoms with Crippen LogP contribution in [0, 0.1) is 0 Å². The number of rotatable bonds is 7. The Morgan fingerprint density at radius 3 is 3.00 bits per heavy atom. The zero-order valence-corrected chi connectivity index (χ0v) is 10.6. The molecule has 92 valence electrons. The first-order valence-electron chi connectivity index (χ1n) is 5.17. The Hall–Kier alpha value is -0.790. The van der Waals surface area contributed by atoms with Gasteiger partial charge in [0.15, 0.2) is 5.16 Å². The van der Waals surface area contributed by atoms with E-state index in [0.29, 0.717) is 13.2 Å². The van der Waals surface area contributed by atoms with Gasteiger partial charge in [-0.1, -0.05) is 11.8 Å². The molecular weight excluding hydrogens is 228 g/mol. The minimum absolute atomic E-state index is 0.155. The summed E-state index contributed by atoms with van der Waals surface area (Å²) in [6.07, 6.45) is 0. The Labute approximate surface area is 98.8 Å². The van der Waals surface area contributed by atoms with Crippen LogP contribution in [0.15, 0.2) is 9.95 Å². The predicted molar refractivity (Wildman–Crippen MR) is 64.0 cm³/mol. The second-order valence-corrected chi connectivity index (χ2v) is 4.29. The molecular formula is C9H18N4O2S. The van der Waals surface area contributed by atoms with Crippen molar-refractivity contribution in [3.05, 3.63) is 10.5 Å². The lowest BCUT2D eigenvalue weighted by Gasteiger charge is -2.13. The first-order chi connectivity index (χ1) is 7.72. The molecule has 16 heavy (non-hydrogen) atoms. The molecule has 0 saturated carbocycles. The third kappa shape index (κ3) is 3.36. The number of thioether (sulfide) groups is 1. The molecule has 0 aliphatic rings. The standard InChI is InChI=1S/C9H18N4O2S/c1-4-13-8(14)11-12-9(13)16-6-7(10-2)5-15-3/h7,10H,4-6H2,1-3H3,(H,11,14). The number of aromatic nitrogens is 3. The molecule has 0 amide bonds. The number of ether oxygens (including phenoxy) is 1. The zero-order valence-electron chi connectivity index (χ0n) is 9.82. The highest BCUT2D eigenvalue weighted by atomic mass is 32.2. The topological polar surface area (TPSA) is 71.9 Å². The van der Waals surface area contributed by atoms with Gasteiger partial charge in [-0.2, -0.15) is 0 Å². The van der Waals surface area contributed by atoms with E-state index in [1.807, 2.05) is 14.0 Å². The van der Waals surface area contributed by atoms with E-state index in [1.165, 1.54) is 0 Å². The predicted octanol–water partition coefficient (Wildman–Crippen LogP) is -0.0822. The van der Waals surface area contributed by atoms with Crippen molar-refractivity contribution in [1.82, 2.24) is 20.1 Å². The number of nitrogens with one attached hydrogen (secondary N) is 2. The Balaban J connectivity index is 2.56. The van der Waals surface area contributed by atoms with Gasteiger partial charge in [-0.15, -0.1) is 5.10 Å². The lowest BCUT2D eigenvalue weighted by atomic mass is 10.4. The summed E-state index contributed by atoms with van der Waals surface area (Å²) in [6, 6.07) is 0.257. The van der Waals surface area contributed by atoms with Crippen LogP contribution in [0.25, 0.3) is 0 Å². The number of aromatic amines is 1. The number of methoxy groups -OCH3 is 1. The summed E-state index contributed by atoms with van der Waals surface area (Å²) in [5.41, 5.74) is -0.155. The molecule has 0 spiro atoms. The summed E-state index contributed by atoms with van der Waals surface area (Å²) < 4.78 is 6.69. The Morgan fingerprint density at radius 2 is 2.44 bits per heavy atom. The fourth-order valence-electron chi connectivity index (χ4n) is 1.28. The van der Waals surface area contributed by atoms with E-state index in [0.717, 1.165) is 10.9 Å². The Morgan fingerprint density at radius 1 is 1.69 bits per heavy atom. The third-order valence-corrected chi connectivity index (χ3v) is 3.37. The van der Waals surface area contributed by atoms with E-state index in [2.05, 4.69) is 15.5 Å². The summed E-state index contributed by atoms with van der Waals surface area (Å²) in [4.78, 5) is 11.3. The molecule has 1 unspecified atom stereocenters. The first kappa shape index (κ1) is 13.3. The van der Waals surface area contributed by atoms with E-state index in [-0.39, 0.29) is 11.7 Å². The van der Waals surface area contributed by atoms with Crippen LogP contribution in [-0.4, -0.2) is 47.3 Å². The number of H-pyrrole nitrogens is 1. The summed E-state index contributed by atoms with van der Waals surface area (Å²) in [5, 5.41) is 10.3. The monoisotopic (exact) mass is 246 g/mol. The van der Waals surface area contributed by atoms with E-state index in [4.69, 9.17) is 4.74 Å². The van der Waals surface area contributed by atoms with Crippen LogP contribution in [0.5, 0.6) is 0 Å². The van der Waals surface area contributed by atoms with Crippen molar-refractivity contribution in [2.24, 2.45) is 0 Å². The highest BCUT2D eigenvalue weighted by Gasteiger charge is 2.11. The number of likely N-dealkylation sites (N-methyl/N-ethyl adjacent to an activating group) is 1. The van der Waals surface area contributed by atoms with Gasteiger partial charge in [0.25, 0.3) is 0 Å². The molecule has 0 aromatic carbocycles. The van der Waals surface area contributed by atoms with Gasteiger partial charge in [0.05, 0.1) is 6.61 Å². The molecule has 2 N–H and O–H groups in total. The molecule has 1 aromatic rings. The van der Waals surface area contributed by atoms with Crippen molar-refractivity contribution < 1.29 is 4.74 Å². The fraction of sp³-hybridized carbons (Fsp3) is 0.778. The van der Waals surface area contributed by atoms with Crippen LogP contribution >= 0.6 is 11.8 Å². The second kappa shape index (κ2) is 6.72. The van der Waals surface area contributed by atoms with Gasteiger partial charge in [-0.05, 0) is 14.0 Å². The molecule has 1 heterocycles. The van der Waals surface area contributed by atoms with E-state index in [9.17, 15) is 4.79 Å². The Bertz CT molecular complexity index is 363. The van der Waals surface area contributed by atoms with Crippen molar-refractivity contribution in [1.29, 1.82) is 0 Å². The minimum Gasteiger partial charge on any atom is -0.383 e. The molecule has 0 aliphatic carbocycles. The summed E-state index contributed by atoms with van der Waals surface area (Å²) in [5.74, 6) is 0.814. The molecule has 1 rings (SSSR count). The van der Waals surface area contributed by atoms with Crippen molar-refractivity contribution in [2.75, 3.05) is 26.5 Å². The zero-order chi connectivity index (χ0) is 12.0. The summed E-state index contributed by atoms with van der Waals surface area (Å²) in [7, 11) is 3.56.